The van der Waals surface area contributed by atoms with E-state index in [1.807, 2.05) is 30.5 Å². The Morgan fingerprint density at radius 3 is 2.33 bits per heavy atom. The smallest absolute Gasteiger partial charge is 0.123 e. The van der Waals surface area contributed by atoms with Gasteiger partial charge in [0.25, 0.3) is 0 Å². The number of nitrogens with zero attached hydrogens (tertiary/aromatic N) is 1. The van der Waals surface area contributed by atoms with Crippen molar-refractivity contribution in [2.24, 2.45) is 4.99 Å². The van der Waals surface area contributed by atoms with Crippen molar-refractivity contribution in [1.82, 2.24) is 0 Å². The molecule has 0 radical (unpaired) electrons. The maximum absolute atomic E-state index is 12.8. The van der Waals surface area contributed by atoms with Gasteiger partial charge in [-0.1, -0.05) is 44.7 Å². The molecule has 0 spiro atoms. The molecule has 0 saturated carbocycles. The molecule has 0 aromatic heterocycles. The van der Waals surface area contributed by atoms with Crippen LogP contribution in [0.15, 0.2) is 53.5 Å². The van der Waals surface area contributed by atoms with E-state index in [0.717, 1.165) is 29.8 Å². The summed E-state index contributed by atoms with van der Waals surface area (Å²) in [5.41, 5.74) is 2.03. The molecule has 0 N–H and O–H groups in total. The third-order valence-electron chi connectivity index (χ3n) is 3.83. The van der Waals surface area contributed by atoms with Gasteiger partial charge >= 0.3 is 0 Å². The highest BCUT2D eigenvalue weighted by molar-refractivity contribution is 5.79. The summed E-state index contributed by atoms with van der Waals surface area (Å²) in [5, 5.41) is 0. The number of ether oxygens (including phenoxy) is 1. The van der Waals surface area contributed by atoms with Crippen LogP contribution in [0.2, 0.25) is 0 Å². The maximum atomic E-state index is 12.8. The number of aliphatic imine (C=N–C) groups is 1. The molecule has 0 atom stereocenters. The summed E-state index contributed by atoms with van der Waals surface area (Å²) in [6.07, 6.45) is 8.26. The Balaban J connectivity index is 1.71. The van der Waals surface area contributed by atoms with Crippen LogP contribution in [0.5, 0.6) is 5.75 Å². The summed E-state index contributed by atoms with van der Waals surface area (Å²) in [6, 6.07) is 14.2. The van der Waals surface area contributed by atoms with E-state index in [1.165, 1.54) is 37.8 Å². The van der Waals surface area contributed by atoms with Gasteiger partial charge in [-0.2, -0.15) is 0 Å². The normalized spacial score (nSPS) is 11.1. The minimum Gasteiger partial charge on any atom is -0.489 e. The van der Waals surface area contributed by atoms with E-state index in [9.17, 15) is 4.39 Å². The van der Waals surface area contributed by atoms with E-state index in [4.69, 9.17) is 4.74 Å². The summed E-state index contributed by atoms with van der Waals surface area (Å²) in [4.78, 5) is 4.47. The van der Waals surface area contributed by atoms with Gasteiger partial charge in [-0.3, -0.25) is 4.99 Å². The highest BCUT2D eigenvalue weighted by Crippen LogP contribution is 2.14. The first kappa shape index (κ1) is 18.2. The molecular formula is C21H26FNO. The van der Waals surface area contributed by atoms with E-state index in [0.29, 0.717) is 6.61 Å². The fourth-order valence-corrected chi connectivity index (χ4v) is 2.37. The van der Waals surface area contributed by atoms with Gasteiger partial charge < -0.3 is 4.74 Å². The molecule has 2 nitrogen and oxygen atoms in total. The minimum absolute atomic E-state index is 0.229. The Hall–Kier alpha value is -2.16. The third kappa shape index (κ3) is 6.95. The second kappa shape index (κ2) is 10.6. The van der Waals surface area contributed by atoms with Gasteiger partial charge in [0.05, 0.1) is 0 Å². The molecule has 2 aromatic carbocycles. The van der Waals surface area contributed by atoms with Crippen LogP contribution >= 0.6 is 0 Å². The molecule has 128 valence electrons. The minimum atomic E-state index is -0.229. The molecule has 2 rings (SSSR count). The molecule has 2 aromatic rings. The van der Waals surface area contributed by atoms with Crippen LogP contribution in [-0.4, -0.2) is 12.8 Å². The first-order valence-corrected chi connectivity index (χ1v) is 8.75. The van der Waals surface area contributed by atoms with Crippen LogP contribution in [0.3, 0.4) is 0 Å². The predicted octanol–water partition coefficient (Wildman–Crippen LogP) is 5.79. The summed E-state index contributed by atoms with van der Waals surface area (Å²) in [7, 11) is 0. The third-order valence-corrected chi connectivity index (χ3v) is 3.83. The molecule has 0 heterocycles. The van der Waals surface area contributed by atoms with Gasteiger partial charge in [0.15, 0.2) is 0 Å². The highest BCUT2D eigenvalue weighted by atomic mass is 19.1. The number of rotatable bonds is 10. The lowest BCUT2D eigenvalue weighted by Crippen LogP contribution is -1.95. The predicted molar refractivity (Wildman–Crippen MR) is 98.4 cm³/mol. The first-order chi connectivity index (χ1) is 11.8. The standard InChI is InChI=1S/C21H26FNO/c1-2-3-4-5-6-15-23-16-18-9-13-21(14-10-18)24-17-19-7-11-20(22)12-8-19/h7-14,16H,2-6,15,17H2,1H3/b23-16+. The molecule has 24 heavy (non-hydrogen) atoms. The molecule has 0 aliphatic rings. The van der Waals surface area contributed by atoms with Crippen molar-refractivity contribution in [2.45, 2.75) is 45.6 Å². The molecule has 0 aliphatic carbocycles. The number of halogens is 1. The molecule has 0 bridgehead atoms. The zero-order chi connectivity index (χ0) is 17.0. The zero-order valence-electron chi connectivity index (χ0n) is 14.4. The van der Waals surface area contributed by atoms with Crippen LogP contribution in [0.25, 0.3) is 0 Å². The molecule has 0 amide bonds. The molecule has 0 fully saturated rings. The van der Waals surface area contributed by atoms with Gasteiger partial charge in [0.1, 0.15) is 18.2 Å². The number of benzene rings is 2. The van der Waals surface area contributed by atoms with Crippen molar-refractivity contribution >= 4 is 6.21 Å². The first-order valence-electron chi connectivity index (χ1n) is 8.75. The van der Waals surface area contributed by atoms with Crippen LogP contribution in [0, 0.1) is 5.82 Å². The van der Waals surface area contributed by atoms with Gasteiger partial charge in [0, 0.05) is 12.8 Å². The number of unbranched alkanes of at least 4 members (excludes halogenated alkanes) is 4. The fraction of sp³-hybridized carbons (Fsp3) is 0.381. The lowest BCUT2D eigenvalue weighted by Gasteiger charge is -2.06. The van der Waals surface area contributed by atoms with Crippen molar-refractivity contribution < 1.29 is 9.13 Å². The summed E-state index contributed by atoms with van der Waals surface area (Å²) in [5.74, 6) is 0.573. The monoisotopic (exact) mass is 327 g/mol. The summed E-state index contributed by atoms with van der Waals surface area (Å²) < 4.78 is 18.5. The summed E-state index contributed by atoms with van der Waals surface area (Å²) in [6.45, 7) is 3.56. The number of hydrogen-bond acceptors (Lipinski definition) is 2. The molecule has 0 unspecified atom stereocenters. The second-order valence-electron chi connectivity index (χ2n) is 5.93. The Morgan fingerprint density at radius 2 is 1.62 bits per heavy atom. The maximum Gasteiger partial charge on any atom is 0.123 e. The average Bonchev–Trinajstić information content (AvgIpc) is 2.61. The Kier molecular flexibility index (Phi) is 8.02. The van der Waals surface area contributed by atoms with E-state index < -0.39 is 0 Å². The Bertz CT molecular complexity index is 605. The van der Waals surface area contributed by atoms with E-state index >= 15 is 0 Å². The van der Waals surface area contributed by atoms with E-state index in [2.05, 4.69) is 11.9 Å². The molecule has 0 aliphatic heterocycles. The second-order valence-corrected chi connectivity index (χ2v) is 5.93. The van der Waals surface area contributed by atoms with Crippen LogP contribution in [0.1, 0.15) is 50.2 Å². The van der Waals surface area contributed by atoms with E-state index in [1.54, 1.807) is 12.1 Å². The van der Waals surface area contributed by atoms with Crippen LogP contribution in [0.4, 0.5) is 4.39 Å². The Morgan fingerprint density at radius 1 is 0.917 bits per heavy atom. The van der Waals surface area contributed by atoms with Crippen molar-refractivity contribution in [3.05, 3.63) is 65.5 Å². The largest absolute Gasteiger partial charge is 0.489 e. The topological polar surface area (TPSA) is 21.6 Å². The van der Waals surface area contributed by atoms with E-state index in [-0.39, 0.29) is 5.82 Å². The quantitative estimate of drug-likeness (QED) is 0.399. The average molecular weight is 327 g/mol. The molecule has 3 heteroatoms. The summed E-state index contributed by atoms with van der Waals surface area (Å²) >= 11 is 0. The lowest BCUT2D eigenvalue weighted by atomic mass is 10.1. The lowest BCUT2D eigenvalue weighted by molar-refractivity contribution is 0.306. The van der Waals surface area contributed by atoms with Gasteiger partial charge in [-0.05, 0) is 53.9 Å². The molecular weight excluding hydrogens is 301 g/mol. The number of hydrogen-bond donors (Lipinski definition) is 0. The van der Waals surface area contributed by atoms with Crippen molar-refractivity contribution in [3.63, 3.8) is 0 Å². The van der Waals surface area contributed by atoms with Crippen molar-refractivity contribution in [1.29, 1.82) is 0 Å². The SMILES string of the molecule is CCCCCCC/N=C/c1ccc(OCc2ccc(F)cc2)cc1. The zero-order valence-corrected chi connectivity index (χ0v) is 14.4. The van der Waals surface area contributed by atoms with Crippen molar-refractivity contribution in [3.8, 4) is 5.75 Å². The van der Waals surface area contributed by atoms with Crippen LogP contribution < -0.4 is 4.74 Å². The Labute approximate surface area is 144 Å². The van der Waals surface area contributed by atoms with Crippen molar-refractivity contribution in [2.75, 3.05) is 6.54 Å². The fourth-order valence-electron chi connectivity index (χ4n) is 2.37. The van der Waals surface area contributed by atoms with Gasteiger partial charge in [0.2, 0.25) is 0 Å². The molecule has 0 saturated heterocycles. The van der Waals surface area contributed by atoms with Gasteiger partial charge in [-0.15, -0.1) is 0 Å². The highest BCUT2D eigenvalue weighted by Gasteiger charge is 1.97. The van der Waals surface area contributed by atoms with Crippen LogP contribution in [-0.2, 0) is 6.61 Å². The van der Waals surface area contributed by atoms with Gasteiger partial charge in [-0.25, -0.2) is 4.39 Å².